The van der Waals surface area contributed by atoms with E-state index in [1.165, 1.54) is 0 Å². The van der Waals surface area contributed by atoms with E-state index < -0.39 is 67.9 Å². The lowest BCUT2D eigenvalue weighted by atomic mass is 9.99. The van der Waals surface area contributed by atoms with E-state index >= 15 is 0 Å². The summed E-state index contributed by atoms with van der Waals surface area (Å²) in [4.78, 5) is 11.8. The molecule has 2 saturated heterocycles. The number of ether oxygens (including phenoxy) is 4. The van der Waals surface area contributed by atoms with Crippen LogP contribution in [0.3, 0.4) is 0 Å². The summed E-state index contributed by atoms with van der Waals surface area (Å²) < 4.78 is 20.8. The van der Waals surface area contributed by atoms with Gasteiger partial charge in [-0.05, 0) is 6.42 Å². The number of hydrogen-bond acceptors (Lipinski definition) is 11. The monoisotopic (exact) mass is 410 g/mol. The fourth-order valence-corrected chi connectivity index (χ4v) is 2.97. The highest BCUT2D eigenvalue weighted by Crippen LogP contribution is 2.24. The Balaban J connectivity index is 1.89. The number of carbonyl (C=O) groups excluding carboxylic acids is 1. The van der Waals surface area contributed by atoms with Crippen molar-refractivity contribution in [3.63, 3.8) is 0 Å². The van der Waals surface area contributed by atoms with Crippen molar-refractivity contribution in [1.29, 1.82) is 0 Å². The number of aliphatic hydroxyl groups is 6. The predicted molar refractivity (Wildman–Crippen MR) is 90.6 cm³/mol. The van der Waals surface area contributed by atoms with Crippen LogP contribution in [-0.4, -0.2) is 105 Å². The van der Waals surface area contributed by atoms with Gasteiger partial charge >= 0.3 is 5.97 Å². The van der Waals surface area contributed by atoms with Crippen LogP contribution in [0.15, 0.2) is 0 Å². The Morgan fingerprint density at radius 1 is 0.929 bits per heavy atom. The standard InChI is InChI=1S/C17H30O11/c1-2-3-4-5-10(19)28-17-15(24)13(22)12(21)9(27-17)7-26-16-14(23)11(20)8(18)6-25-16/h8-9,11-18,20-24H,2-7H2,1H3. The minimum absolute atomic E-state index is 0.128. The molecule has 0 spiro atoms. The molecule has 2 fully saturated rings. The van der Waals surface area contributed by atoms with Crippen LogP contribution < -0.4 is 0 Å². The van der Waals surface area contributed by atoms with E-state index in [2.05, 4.69) is 0 Å². The lowest BCUT2D eigenvalue weighted by Crippen LogP contribution is -2.60. The normalized spacial score (nSPS) is 41.6. The summed E-state index contributed by atoms with van der Waals surface area (Å²) in [6.07, 6.45) is -10.6. The van der Waals surface area contributed by atoms with Gasteiger partial charge in [0.05, 0.1) is 13.2 Å². The van der Waals surface area contributed by atoms with Crippen molar-refractivity contribution in [3.8, 4) is 0 Å². The fourth-order valence-electron chi connectivity index (χ4n) is 2.97. The van der Waals surface area contributed by atoms with Crippen LogP contribution >= 0.6 is 0 Å². The van der Waals surface area contributed by atoms with Crippen molar-refractivity contribution in [3.05, 3.63) is 0 Å². The summed E-state index contributed by atoms with van der Waals surface area (Å²) in [6.45, 7) is 1.31. The second kappa shape index (κ2) is 10.8. The quantitative estimate of drug-likeness (QED) is 0.182. The Morgan fingerprint density at radius 2 is 1.61 bits per heavy atom. The third kappa shape index (κ3) is 5.81. The molecule has 2 aliphatic heterocycles. The average molecular weight is 410 g/mol. The van der Waals surface area contributed by atoms with Crippen LogP contribution in [-0.2, 0) is 23.7 Å². The molecule has 2 rings (SSSR count). The van der Waals surface area contributed by atoms with Gasteiger partial charge in [-0.15, -0.1) is 0 Å². The second-order valence-electron chi connectivity index (χ2n) is 7.05. The largest absolute Gasteiger partial charge is 0.433 e. The van der Waals surface area contributed by atoms with E-state index in [1.807, 2.05) is 6.92 Å². The molecule has 0 aromatic carbocycles. The minimum atomic E-state index is -1.65. The van der Waals surface area contributed by atoms with Gasteiger partial charge < -0.3 is 49.6 Å². The van der Waals surface area contributed by atoms with Gasteiger partial charge in [0.1, 0.15) is 42.7 Å². The Labute approximate surface area is 162 Å². The average Bonchev–Trinajstić information content (AvgIpc) is 2.67. The highest BCUT2D eigenvalue weighted by atomic mass is 16.7. The van der Waals surface area contributed by atoms with Crippen molar-refractivity contribution in [2.75, 3.05) is 13.2 Å². The van der Waals surface area contributed by atoms with Gasteiger partial charge in [-0.1, -0.05) is 19.8 Å². The Hall–Kier alpha value is -0.890. The molecule has 9 atom stereocenters. The van der Waals surface area contributed by atoms with Crippen molar-refractivity contribution in [1.82, 2.24) is 0 Å². The molecule has 2 aliphatic rings. The second-order valence-corrected chi connectivity index (χ2v) is 7.05. The SMILES string of the molecule is CCCCCC(=O)OC1OC(COC2OCC(O)C(O)C2O)C(O)C(O)C1O. The molecule has 6 N–H and O–H groups in total. The van der Waals surface area contributed by atoms with Crippen LogP contribution in [0, 0.1) is 0 Å². The Bertz CT molecular complexity index is 490. The van der Waals surface area contributed by atoms with Crippen molar-refractivity contribution in [2.24, 2.45) is 0 Å². The summed E-state index contributed by atoms with van der Waals surface area (Å²) in [5, 5.41) is 59.0. The molecule has 9 unspecified atom stereocenters. The maximum atomic E-state index is 11.8. The molecular formula is C17H30O11. The molecule has 28 heavy (non-hydrogen) atoms. The molecule has 0 saturated carbocycles. The first kappa shape index (κ1) is 23.4. The van der Waals surface area contributed by atoms with Crippen LogP contribution in [0.2, 0.25) is 0 Å². The lowest BCUT2D eigenvalue weighted by Gasteiger charge is -2.41. The van der Waals surface area contributed by atoms with E-state index in [4.69, 9.17) is 18.9 Å². The molecule has 0 aromatic heterocycles. The lowest BCUT2D eigenvalue weighted by molar-refractivity contribution is -0.315. The first-order valence-electron chi connectivity index (χ1n) is 9.42. The highest BCUT2D eigenvalue weighted by Gasteiger charge is 2.46. The Kier molecular flexibility index (Phi) is 8.99. The first-order valence-corrected chi connectivity index (χ1v) is 9.42. The van der Waals surface area contributed by atoms with Crippen LogP contribution in [0.1, 0.15) is 32.6 Å². The minimum Gasteiger partial charge on any atom is -0.433 e. The van der Waals surface area contributed by atoms with Gasteiger partial charge in [-0.25, -0.2) is 0 Å². The molecule has 0 radical (unpaired) electrons. The van der Waals surface area contributed by atoms with Gasteiger partial charge in [-0.2, -0.15) is 0 Å². The topological polar surface area (TPSA) is 175 Å². The molecule has 164 valence electrons. The molecule has 0 amide bonds. The van der Waals surface area contributed by atoms with Crippen molar-refractivity contribution in [2.45, 2.75) is 87.9 Å². The van der Waals surface area contributed by atoms with E-state index in [1.54, 1.807) is 0 Å². The number of rotatable bonds is 8. The maximum Gasteiger partial charge on any atom is 0.308 e. The first-order chi connectivity index (χ1) is 13.3. The van der Waals surface area contributed by atoms with E-state index in [9.17, 15) is 35.4 Å². The predicted octanol–water partition coefficient (Wildman–Crippen LogP) is -2.63. The summed E-state index contributed by atoms with van der Waals surface area (Å²) in [5.41, 5.74) is 0. The molecule has 11 nitrogen and oxygen atoms in total. The highest BCUT2D eigenvalue weighted by molar-refractivity contribution is 5.69. The maximum absolute atomic E-state index is 11.8. The number of aliphatic hydroxyl groups excluding tert-OH is 6. The van der Waals surface area contributed by atoms with Crippen LogP contribution in [0.25, 0.3) is 0 Å². The molecule has 0 aliphatic carbocycles. The number of hydrogen-bond donors (Lipinski definition) is 6. The summed E-state index contributed by atoms with van der Waals surface area (Å²) in [6, 6.07) is 0. The van der Waals surface area contributed by atoms with Gasteiger partial charge in [0.15, 0.2) is 6.29 Å². The number of unbranched alkanes of at least 4 members (excludes halogenated alkanes) is 2. The molecule has 2 heterocycles. The fraction of sp³-hybridized carbons (Fsp3) is 0.941. The third-order valence-corrected chi connectivity index (χ3v) is 4.78. The number of esters is 1. The molecule has 0 aromatic rings. The van der Waals surface area contributed by atoms with E-state index in [-0.39, 0.29) is 13.0 Å². The zero-order valence-corrected chi connectivity index (χ0v) is 15.7. The van der Waals surface area contributed by atoms with Crippen molar-refractivity contribution >= 4 is 5.97 Å². The number of carbonyl (C=O) groups is 1. The summed E-state index contributed by atoms with van der Waals surface area (Å²) in [7, 11) is 0. The van der Waals surface area contributed by atoms with E-state index in [0.717, 1.165) is 12.8 Å². The van der Waals surface area contributed by atoms with Gasteiger partial charge in [-0.3, -0.25) is 4.79 Å². The van der Waals surface area contributed by atoms with Crippen molar-refractivity contribution < 1.29 is 54.4 Å². The van der Waals surface area contributed by atoms with Gasteiger partial charge in [0.2, 0.25) is 6.29 Å². The third-order valence-electron chi connectivity index (χ3n) is 4.78. The smallest absolute Gasteiger partial charge is 0.308 e. The van der Waals surface area contributed by atoms with Gasteiger partial charge in [0.25, 0.3) is 0 Å². The molecular weight excluding hydrogens is 380 g/mol. The van der Waals surface area contributed by atoms with Crippen LogP contribution in [0.4, 0.5) is 0 Å². The molecule has 0 bridgehead atoms. The Morgan fingerprint density at radius 3 is 2.29 bits per heavy atom. The summed E-state index contributed by atoms with van der Waals surface area (Å²) in [5.74, 6) is -0.607. The molecule has 11 heteroatoms. The zero-order chi connectivity index (χ0) is 20.8. The zero-order valence-electron chi connectivity index (χ0n) is 15.7. The summed E-state index contributed by atoms with van der Waals surface area (Å²) >= 11 is 0. The van der Waals surface area contributed by atoms with E-state index in [0.29, 0.717) is 6.42 Å². The van der Waals surface area contributed by atoms with Crippen LogP contribution in [0.5, 0.6) is 0 Å². The van der Waals surface area contributed by atoms with Gasteiger partial charge in [0, 0.05) is 6.42 Å².